The molecule has 30 heavy (non-hydrogen) atoms. The maximum absolute atomic E-state index is 13.5. The average molecular weight is 399 g/mol. The Balaban J connectivity index is 1.39. The van der Waals surface area contributed by atoms with E-state index in [9.17, 15) is 4.79 Å². The van der Waals surface area contributed by atoms with Crippen molar-refractivity contribution in [1.82, 2.24) is 14.9 Å². The molecular formula is C25H26N4O. The van der Waals surface area contributed by atoms with Crippen molar-refractivity contribution in [2.24, 2.45) is 0 Å². The van der Waals surface area contributed by atoms with Crippen molar-refractivity contribution in [1.29, 1.82) is 0 Å². The van der Waals surface area contributed by atoms with E-state index in [2.05, 4.69) is 58.2 Å². The highest BCUT2D eigenvalue weighted by molar-refractivity contribution is 5.99. The van der Waals surface area contributed by atoms with Gasteiger partial charge in [0.2, 0.25) is 0 Å². The molecule has 152 valence electrons. The van der Waals surface area contributed by atoms with Crippen LogP contribution in [0.15, 0.2) is 42.5 Å². The van der Waals surface area contributed by atoms with E-state index in [-0.39, 0.29) is 11.3 Å². The van der Waals surface area contributed by atoms with Gasteiger partial charge in [0.15, 0.2) is 0 Å². The van der Waals surface area contributed by atoms with Crippen molar-refractivity contribution < 1.29 is 4.79 Å². The second kappa shape index (κ2) is 5.91. The lowest BCUT2D eigenvalue weighted by atomic mass is 9.91. The lowest BCUT2D eigenvalue weighted by Crippen LogP contribution is -2.41. The third kappa shape index (κ3) is 2.51. The van der Waals surface area contributed by atoms with E-state index in [0.29, 0.717) is 12.2 Å². The van der Waals surface area contributed by atoms with Crippen molar-refractivity contribution in [3.8, 4) is 0 Å². The number of nitrogens with zero attached hydrogens (tertiary/aromatic N) is 2. The first-order chi connectivity index (χ1) is 14.4. The first kappa shape index (κ1) is 17.6. The molecular weight excluding hydrogens is 372 g/mol. The number of nitrogens with one attached hydrogen (secondary N) is 2. The number of rotatable bonds is 2. The normalized spacial score (nSPS) is 17.0. The number of aromatic nitrogens is 2. The largest absolute Gasteiger partial charge is 0.378 e. The highest BCUT2D eigenvalue weighted by atomic mass is 16.2. The Morgan fingerprint density at radius 3 is 2.63 bits per heavy atom. The van der Waals surface area contributed by atoms with Crippen molar-refractivity contribution >= 4 is 33.4 Å². The minimum atomic E-state index is 0.0940. The molecule has 2 aromatic carbocycles. The van der Waals surface area contributed by atoms with Crippen LogP contribution in [0.4, 0.5) is 5.69 Å². The number of hydrogen-bond donors (Lipinski definition) is 2. The SMILES string of the molecule is Cc1ccc2[nH]c3c(c2c1)CN(C(=O)c1cc2ccc(N(C)C)cc2[nH]1)CC31CC1. The van der Waals surface area contributed by atoms with Gasteiger partial charge in [-0.25, -0.2) is 0 Å². The zero-order valence-corrected chi connectivity index (χ0v) is 17.7. The van der Waals surface area contributed by atoms with Crippen molar-refractivity contribution in [3.05, 3.63) is 65.0 Å². The highest BCUT2D eigenvalue weighted by Crippen LogP contribution is 2.53. The van der Waals surface area contributed by atoms with Crippen LogP contribution >= 0.6 is 0 Å². The number of fused-ring (bicyclic) bond motifs is 5. The smallest absolute Gasteiger partial charge is 0.270 e. The molecule has 1 amide bonds. The Kier molecular flexibility index (Phi) is 3.47. The summed E-state index contributed by atoms with van der Waals surface area (Å²) in [5.41, 5.74) is 8.02. The summed E-state index contributed by atoms with van der Waals surface area (Å²) in [5, 5.41) is 2.34. The molecule has 2 aliphatic rings. The minimum absolute atomic E-state index is 0.0940. The van der Waals surface area contributed by atoms with E-state index in [4.69, 9.17) is 0 Å². The number of benzene rings is 2. The standard InChI is InChI=1S/C25H26N4O/c1-15-4-7-20-18(10-15)19-13-29(14-25(8-9-25)23(19)27-20)24(30)22-11-16-5-6-17(28(2)3)12-21(16)26-22/h4-7,10-12,26-27H,8-9,13-14H2,1-3H3. The molecule has 5 nitrogen and oxygen atoms in total. The Bertz CT molecular complexity index is 1320. The Morgan fingerprint density at radius 1 is 1.03 bits per heavy atom. The summed E-state index contributed by atoms with van der Waals surface area (Å²) >= 11 is 0. The Hall–Kier alpha value is -3.21. The third-order valence-corrected chi connectivity index (χ3v) is 6.93. The van der Waals surface area contributed by atoms with Crippen LogP contribution in [-0.4, -0.2) is 41.4 Å². The number of aromatic amines is 2. The van der Waals surface area contributed by atoms with Gasteiger partial charge in [0.25, 0.3) is 5.91 Å². The van der Waals surface area contributed by atoms with Gasteiger partial charge in [-0.15, -0.1) is 0 Å². The van der Waals surface area contributed by atoms with Crippen LogP contribution in [0.1, 0.15) is 40.2 Å². The van der Waals surface area contributed by atoms with Gasteiger partial charge in [0, 0.05) is 71.4 Å². The first-order valence-electron chi connectivity index (χ1n) is 10.6. The van der Waals surface area contributed by atoms with E-state index in [1.807, 2.05) is 25.1 Å². The van der Waals surface area contributed by atoms with Crippen LogP contribution < -0.4 is 4.90 Å². The molecule has 0 bridgehead atoms. The molecule has 2 aromatic heterocycles. The number of anilines is 1. The zero-order chi connectivity index (χ0) is 20.6. The molecule has 5 heteroatoms. The fourth-order valence-electron chi connectivity index (χ4n) is 5.05. The number of H-pyrrole nitrogens is 2. The van der Waals surface area contributed by atoms with Crippen molar-refractivity contribution in [2.75, 3.05) is 25.5 Å². The van der Waals surface area contributed by atoms with Gasteiger partial charge in [-0.1, -0.05) is 17.7 Å². The summed E-state index contributed by atoms with van der Waals surface area (Å²) in [5.74, 6) is 0.0940. The zero-order valence-electron chi connectivity index (χ0n) is 17.7. The molecule has 1 fully saturated rings. The number of carbonyl (C=O) groups excluding carboxylic acids is 1. The molecule has 0 unspecified atom stereocenters. The molecule has 1 aliphatic carbocycles. The number of hydrogen-bond acceptors (Lipinski definition) is 2. The molecule has 3 heterocycles. The van der Waals surface area contributed by atoms with Gasteiger partial charge in [0.1, 0.15) is 5.69 Å². The summed E-state index contributed by atoms with van der Waals surface area (Å²) in [6.07, 6.45) is 2.29. The van der Waals surface area contributed by atoms with E-state index in [0.717, 1.165) is 36.0 Å². The van der Waals surface area contributed by atoms with E-state index in [1.165, 1.54) is 27.7 Å². The first-order valence-corrected chi connectivity index (χ1v) is 10.6. The number of aryl methyl sites for hydroxylation is 1. The molecule has 6 rings (SSSR count). The maximum atomic E-state index is 13.5. The van der Waals surface area contributed by atoms with Gasteiger partial charge in [-0.2, -0.15) is 0 Å². The Morgan fingerprint density at radius 2 is 1.87 bits per heavy atom. The maximum Gasteiger partial charge on any atom is 0.270 e. The summed E-state index contributed by atoms with van der Waals surface area (Å²) < 4.78 is 0. The van der Waals surface area contributed by atoms with E-state index >= 15 is 0 Å². The molecule has 2 N–H and O–H groups in total. The summed E-state index contributed by atoms with van der Waals surface area (Å²) in [4.78, 5) is 24.7. The molecule has 1 saturated carbocycles. The highest BCUT2D eigenvalue weighted by Gasteiger charge is 2.51. The van der Waals surface area contributed by atoms with Crippen LogP contribution in [0, 0.1) is 6.92 Å². The second-order valence-electron chi connectivity index (χ2n) is 9.32. The fraction of sp³-hybridized carbons (Fsp3) is 0.320. The Labute approximate surface area is 175 Å². The average Bonchev–Trinajstić information content (AvgIpc) is 3.20. The van der Waals surface area contributed by atoms with Gasteiger partial charge in [-0.05, 0) is 50.1 Å². The molecule has 1 aliphatic heterocycles. The molecule has 1 spiro atoms. The monoisotopic (exact) mass is 398 g/mol. The van der Waals surface area contributed by atoms with Gasteiger partial charge >= 0.3 is 0 Å². The lowest BCUT2D eigenvalue weighted by Gasteiger charge is -2.33. The number of amides is 1. The molecule has 0 atom stereocenters. The van der Waals surface area contributed by atoms with Crippen LogP contribution in [-0.2, 0) is 12.0 Å². The molecule has 4 aromatic rings. The topological polar surface area (TPSA) is 55.1 Å². The van der Waals surface area contributed by atoms with E-state index < -0.39 is 0 Å². The van der Waals surface area contributed by atoms with Crippen LogP contribution in [0.25, 0.3) is 21.8 Å². The number of carbonyl (C=O) groups is 1. The fourth-order valence-corrected chi connectivity index (χ4v) is 5.05. The van der Waals surface area contributed by atoms with Gasteiger partial charge in [0.05, 0.1) is 0 Å². The second-order valence-corrected chi connectivity index (χ2v) is 9.32. The summed E-state index contributed by atoms with van der Waals surface area (Å²) in [6.45, 7) is 3.59. The van der Waals surface area contributed by atoms with Crippen molar-refractivity contribution in [2.45, 2.75) is 31.7 Å². The third-order valence-electron chi connectivity index (χ3n) is 6.93. The minimum Gasteiger partial charge on any atom is -0.378 e. The summed E-state index contributed by atoms with van der Waals surface area (Å²) in [7, 11) is 4.05. The molecule has 0 radical (unpaired) electrons. The van der Waals surface area contributed by atoms with Crippen LogP contribution in [0.2, 0.25) is 0 Å². The van der Waals surface area contributed by atoms with Crippen LogP contribution in [0.5, 0.6) is 0 Å². The van der Waals surface area contributed by atoms with Gasteiger partial charge < -0.3 is 19.8 Å². The van der Waals surface area contributed by atoms with Gasteiger partial charge in [-0.3, -0.25) is 4.79 Å². The van der Waals surface area contributed by atoms with Crippen LogP contribution in [0.3, 0.4) is 0 Å². The predicted octanol–water partition coefficient (Wildman–Crippen LogP) is 4.71. The molecule has 0 saturated heterocycles. The predicted molar refractivity (Wildman–Crippen MR) is 121 cm³/mol. The quantitative estimate of drug-likeness (QED) is 0.514. The van der Waals surface area contributed by atoms with E-state index in [1.54, 1.807) is 0 Å². The van der Waals surface area contributed by atoms with Crippen molar-refractivity contribution in [3.63, 3.8) is 0 Å². The lowest BCUT2D eigenvalue weighted by molar-refractivity contribution is 0.0704. The summed E-state index contributed by atoms with van der Waals surface area (Å²) in [6, 6.07) is 14.8.